The van der Waals surface area contributed by atoms with Crippen molar-refractivity contribution < 1.29 is 23.0 Å². The number of halogens is 3. The average molecular weight is 425 g/mol. The van der Waals surface area contributed by atoms with E-state index in [4.69, 9.17) is 4.74 Å². The van der Waals surface area contributed by atoms with E-state index in [2.05, 4.69) is 10.1 Å². The SMILES string of the molecule is CC[C@@H]1CCC2=NN(c3nc(-c4ccc(OC)cc4)cs3)[C@@](O)(C(F)(F)F)[C@H]2C1. The number of hydrogen-bond acceptors (Lipinski definition) is 6. The second kappa shape index (κ2) is 7.28. The van der Waals surface area contributed by atoms with E-state index in [9.17, 15) is 18.3 Å². The summed E-state index contributed by atoms with van der Waals surface area (Å²) in [5.74, 6) is -0.232. The van der Waals surface area contributed by atoms with Crippen LogP contribution in [0, 0.1) is 11.8 Å². The molecule has 29 heavy (non-hydrogen) atoms. The van der Waals surface area contributed by atoms with Crippen LogP contribution in [0.2, 0.25) is 0 Å². The van der Waals surface area contributed by atoms with Gasteiger partial charge in [0.2, 0.25) is 5.13 Å². The molecule has 0 saturated heterocycles. The summed E-state index contributed by atoms with van der Waals surface area (Å²) in [5.41, 5.74) is -1.38. The lowest BCUT2D eigenvalue weighted by atomic mass is 9.74. The summed E-state index contributed by atoms with van der Waals surface area (Å²) in [6.45, 7) is 1.97. The summed E-state index contributed by atoms with van der Waals surface area (Å²) in [6, 6.07) is 7.09. The Kier molecular flexibility index (Phi) is 5.06. The molecule has 9 heteroatoms. The molecule has 0 bridgehead atoms. The van der Waals surface area contributed by atoms with Crippen molar-refractivity contribution in [1.29, 1.82) is 0 Å². The van der Waals surface area contributed by atoms with E-state index >= 15 is 0 Å². The Labute approximate surface area is 170 Å². The van der Waals surface area contributed by atoms with E-state index in [1.807, 2.05) is 6.92 Å². The second-order valence-corrected chi connectivity index (χ2v) is 8.31. The number of methoxy groups -OCH3 is 1. The average Bonchev–Trinajstić information content (AvgIpc) is 3.31. The third-order valence-electron chi connectivity index (χ3n) is 5.87. The summed E-state index contributed by atoms with van der Waals surface area (Å²) in [6.07, 6.45) is -2.53. The molecule has 1 saturated carbocycles. The van der Waals surface area contributed by atoms with Crippen LogP contribution in [0.25, 0.3) is 11.3 Å². The maximum atomic E-state index is 14.1. The molecule has 0 unspecified atom stereocenters. The summed E-state index contributed by atoms with van der Waals surface area (Å²) >= 11 is 1.04. The van der Waals surface area contributed by atoms with Crippen molar-refractivity contribution in [2.24, 2.45) is 16.9 Å². The van der Waals surface area contributed by atoms with Crippen LogP contribution in [0.1, 0.15) is 32.6 Å². The molecule has 2 aliphatic rings. The van der Waals surface area contributed by atoms with E-state index in [1.54, 1.807) is 36.8 Å². The smallest absolute Gasteiger partial charge is 0.439 e. The lowest BCUT2D eigenvalue weighted by molar-refractivity contribution is -0.270. The zero-order valence-electron chi connectivity index (χ0n) is 16.1. The first kappa shape index (κ1) is 20.2. The zero-order valence-corrected chi connectivity index (χ0v) is 16.9. The number of rotatable bonds is 4. The Bertz CT molecular complexity index is 912. The van der Waals surface area contributed by atoms with Gasteiger partial charge < -0.3 is 9.84 Å². The topological polar surface area (TPSA) is 58.0 Å². The fraction of sp³-hybridized carbons (Fsp3) is 0.500. The Balaban J connectivity index is 1.70. The Morgan fingerprint density at radius 1 is 1.31 bits per heavy atom. The molecule has 3 atom stereocenters. The van der Waals surface area contributed by atoms with Crippen LogP contribution in [0.15, 0.2) is 34.7 Å². The molecule has 1 N–H and O–H groups in total. The van der Waals surface area contributed by atoms with Crippen molar-refractivity contribution in [1.82, 2.24) is 4.98 Å². The monoisotopic (exact) mass is 425 g/mol. The lowest BCUT2D eigenvalue weighted by Crippen LogP contribution is -2.60. The molecule has 1 aromatic heterocycles. The fourth-order valence-electron chi connectivity index (χ4n) is 4.12. The molecule has 2 aromatic rings. The van der Waals surface area contributed by atoms with Gasteiger partial charge in [-0.3, -0.25) is 0 Å². The van der Waals surface area contributed by atoms with Gasteiger partial charge in [0.1, 0.15) is 5.75 Å². The first-order valence-electron chi connectivity index (χ1n) is 9.54. The van der Waals surface area contributed by atoms with Crippen LogP contribution in [0.5, 0.6) is 5.75 Å². The van der Waals surface area contributed by atoms with Crippen molar-refractivity contribution in [3.05, 3.63) is 29.6 Å². The van der Waals surface area contributed by atoms with Crippen molar-refractivity contribution in [2.45, 2.75) is 44.5 Å². The maximum Gasteiger partial charge on any atom is 0.439 e. The molecule has 0 radical (unpaired) electrons. The number of ether oxygens (including phenoxy) is 1. The number of hydrogen-bond donors (Lipinski definition) is 1. The number of aliphatic hydroxyl groups is 1. The first-order chi connectivity index (χ1) is 13.8. The van der Waals surface area contributed by atoms with Gasteiger partial charge in [-0.2, -0.15) is 23.3 Å². The molecule has 4 rings (SSSR count). The third kappa shape index (κ3) is 3.30. The van der Waals surface area contributed by atoms with Crippen LogP contribution in [-0.2, 0) is 0 Å². The number of fused-ring (bicyclic) bond motifs is 1. The van der Waals surface area contributed by atoms with Crippen molar-refractivity contribution >= 4 is 22.2 Å². The minimum atomic E-state index is -4.86. The van der Waals surface area contributed by atoms with Gasteiger partial charge in [0.25, 0.3) is 5.72 Å². The highest BCUT2D eigenvalue weighted by molar-refractivity contribution is 7.14. The molecule has 1 aromatic carbocycles. The Morgan fingerprint density at radius 2 is 2.03 bits per heavy atom. The van der Waals surface area contributed by atoms with Crippen molar-refractivity contribution in [3.8, 4) is 17.0 Å². The second-order valence-electron chi connectivity index (χ2n) is 7.47. The number of aromatic nitrogens is 1. The van der Waals surface area contributed by atoms with E-state index in [1.165, 1.54) is 0 Å². The number of alkyl halides is 3. The van der Waals surface area contributed by atoms with Crippen molar-refractivity contribution in [2.75, 3.05) is 12.1 Å². The number of nitrogens with zero attached hydrogens (tertiary/aromatic N) is 3. The minimum Gasteiger partial charge on any atom is -0.497 e. The molecule has 1 aliphatic heterocycles. The first-order valence-corrected chi connectivity index (χ1v) is 10.4. The van der Waals surface area contributed by atoms with Crippen LogP contribution in [0.3, 0.4) is 0 Å². The van der Waals surface area contributed by atoms with Crippen LogP contribution in [-0.4, -0.2) is 34.8 Å². The van der Waals surface area contributed by atoms with Gasteiger partial charge in [0.15, 0.2) is 0 Å². The van der Waals surface area contributed by atoms with Gasteiger partial charge in [0, 0.05) is 16.7 Å². The molecule has 1 aliphatic carbocycles. The number of hydrazone groups is 1. The lowest BCUT2D eigenvalue weighted by Gasteiger charge is -2.39. The number of anilines is 1. The largest absolute Gasteiger partial charge is 0.497 e. The Morgan fingerprint density at radius 3 is 2.66 bits per heavy atom. The molecule has 0 amide bonds. The highest BCUT2D eigenvalue weighted by Crippen LogP contribution is 2.51. The molecule has 2 heterocycles. The predicted octanol–water partition coefficient (Wildman–Crippen LogP) is 5.07. The quantitative estimate of drug-likeness (QED) is 0.743. The van der Waals surface area contributed by atoms with Gasteiger partial charge in [0.05, 0.1) is 18.7 Å². The van der Waals surface area contributed by atoms with Crippen LogP contribution in [0.4, 0.5) is 18.3 Å². The van der Waals surface area contributed by atoms with Crippen LogP contribution < -0.4 is 9.75 Å². The molecule has 5 nitrogen and oxygen atoms in total. The fourth-order valence-corrected chi connectivity index (χ4v) is 4.95. The maximum absolute atomic E-state index is 14.1. The van der Waals surface area contributed by atoms with E-state index in [-0.39, 0.29) is 17.5 Å². The molecule has 1 fully saturated rings. The number of thiazole rings is 1. The van der Waals surface area contributed by atoms with E-state index in [0.717, 1.165) is 29.7 Å². The highest BCUT2D eigenvalue weighted by Gasteiger charge is 2.68. The zero-order chi connectivity index (χ0) is 20.8. The standard InChI is InChI=1S/C20H22F3N3O2S/c1-3-12-4-9-16-15(10-12)19(27,20(21,22)23)26(25-16)18-24-17(11-29-18)13-5-7-14(28-2)8-6-13/h5-8,11-12,15,27H,3-4,9-10H2,1-2H3/t12-,15+,19+/m1/s1. The third-order valence-corrected chi connectivity index (χ3v) is 6.69. The van der Waals surface area contributed by atoms with E-state index < -0.39 is 17.8 Å². The summed E-state index contributed by atoms with van der Waals surface area (Å²) in [5, 5.41) is 17.5. The highest BCUT2D eigenvalue weighted by atomic mass is 32.1. The van der Waals surface area contributed by atoms with Gasteiger partial charge in [-0.15, -0.1) is 11.3 Å². The normalized spacial score (nSPS) is 27.0. The summed E-state index contributed by atoms with van der Waals surface area (Å²) < 4.78 is 47.4. The number of benzene rings is 1. The minimum absolute atomic E-state index is 0.0330. The van der Waals surface area contributed by atoms with Gasteiger partial charge in [-0.1, -0.05) is 13.3 Å². The molecular formula is C20H22F3N3O2S. The Hall–Kier alpha value is -2.13. The molecule has 156 valence electrons. The predicted molar refractivity (Wildman–Crippen MR) is 106 cm³/mol. The van der Waals surface area contributed by atoms with Gasteiger partial charge in [-0.05, 0) is 49.4 Å². The molecule has 0 spiro atoms. The van der Waals surface area contributed by atoms with Crippen molar-refractivity contribution in [3.63, 3.8) is 0 Å². The van der Waals surface area contributed by atoms with Crippen LogP contribution >= 0.6 is 11.3 Å². The van der Waals surface area contributed by atoms with Gasteiger partial charge >= 0.3 is 6.18 Å². The van der Waals surface area contributed by atoms with E-state index in [0.29, 0.717) is 28.6 Å². The van der Waals surface area contributed by atoms with Gasteiger partial charge in [-0.25, -0.2) is 4.98 Å². The summed E-state index contributed by atoms with van der Waals surface area (Å²) in [4.78, 5) is 4.36. The summed E-state index contributed by atoms with van der Waals surface area (Å²) in [7, 11) is 1.56. The molecular weight excluding hydrogens is 403 g/mol.